The van der Waals surface area contributed by atoms with Crippen molar-refractivity contribution >= 4 is 29.3 Å². The Morgan fingerprint density at radius 1 is 1.17 bits per heavy atom. The Kier molecular flexibility index (Phi) is 6.65. The second-order valence-corrected chi connectivity index (χ2v) is 7.60. The van der Waals surface area contributed by atoms with E-state index in [-0.39, 0.29) is 11.5 Å². The number of likely N-dealkylation sites (N-methyl/N-ethyl adjacent to an activating group) is 1. The lowest BCUT2D eigenvalue weighted by molar-refractivity contribution is -0.117. The summed E-state index contributed by atoms with van der Waals surface area (Å²) < 4.78 is 10.4. The van der Waals surface area contributed by atoms with Gasteiger partial charge < -0.3 is 14.8 Å². The van der Waals surface area contributed by atoms with Gasteiger partial charge >= 0.3 is 0 Å². The van der Waals surface area contributed by atoms with Gasteiger partial charge in [0.2, 0.25) is 5.91 Å². The number of carbonyl (C=O) groups excluding carboxylic acids is 2. The summed E-state index contributed by atoms with van der Waals surface area (Å²) in [6.45, 7) is 0. The SMILES string of the molecule is CNC(=O)/C(C#N)=C1\S[C@H](Cc2ccc(OC)cc2)C(=O)N1c1cccc(OC)c1. The van der Waals surface area contributed by atoms with Crippen LogP contribution in [0.2, 0.25) is 0 Å². The van der Waals surface area contributed by atoms with Gasteiger partial charge in [-0.1, -0.05) is 30.0 Å². The normalized spacial score (nSPS) is 17.3. The number of nitrogens with zero attached hydrogens (tertiary/aromatic N) is 2. The summed E-state index contributed by atoms with van der Waals surface area (Å²) in [5.41, 5.74) is 1.39. The van der Waals surface area contributed by atoms with Gasteiger partial charge in [0.05, 0.1) is 25.2 Å². The largest absolute Gasteiger partial charge is 0.497 e. The van der Waals surface area contributed by atoms with Crippen LogP contribution in [0, 0.1) is 11.3 Å². The third kappa shape index (κ3) is 4.26. The highest BCUT2D eigenvalue weighted by molar-refractivity contribution is 8.05. The molecule has 2 aromatic carbocycles. The molecule has 2 aromatic rings. The highest BCUT2D eigenvalue weighted by atomic mass is 32.2. The van der Waals surface area contributed by atoms with Crippen molar-refractivity contribution < 1.29 is 19.1 Å². The molecule has 0 aliphatic carbocycles. The van der Waals surface area contributed by atoms with Crippen LogP contribution >= 0.6 is 11.8 Å². The van der Waals surface area contributed by atoms with Crippen molar-refractivity contribution in [3.8, 4) is 17.6 Å². The highest BCUT2D eigenvalue weighted by Gasteiger charge is 2.40. The van der Waals surface area contributed by atoms with Crippen molar-refractivity contribution in [3.63, 3.8) is 0 Å². The molecule has 3 rings (SSSR count). The second kappa shape index (κ2) is 9.37. The number of carbonyl (C=O) groups is 2. The van der Waals surface area contributed by atoms with Crippen LogP contribution in [-0.2, 0) is 16.0 Å². The molecule has 1 saturated heterocycles. The maximum atomic E-state index is 13.3. The van der Waals surface area contributed by atoms with Gasteiger partial charge in [-0.05, 0) is 36.2 Å². The van der Waals surface area contributed by atoms with Crippen LogP contribution in [0.25, 0.3) is 0 Å². The number of methoxy groups -OCH3 is 2. The van der Waals surface area contributed by atoms with Crippen molar-refractivity contribution in [2.75, 3.05) is 26.2 Å². The Balaban J connectivity index is 2.02. The molecular weight excluding hydrogens is 402 g/mol. The van der Waals surface area contributed by atoms with E-state index in [9.17, 15) is 14.9 Å². The van der Waals surface area contributed by atoms with E-state index in [1.807, 2.05) is 30.3 Å². The zero-order valence-electron chi connectivity index (χ0n) is 16.8. The van der Waals surface area contributed by atoms with E-state index in [1.54, 1.807) is 31.4 Å². The summed E-state index contributed by atoms with van der Waals surface area (Å²) in [6, 6.07) is 16.4. The van der Waals surface area contributed by atoms with Crippen molar-refractivity contribution in [2.45, 2.75) is 11.7 Å². The number of anilines is 1. The Morgan fingerprint density at radius 2 is 1.87 bits per heavy atom. The average Bonchev–Trinajstić information content (AvgIpc) is 3.10. The first-order valence-corrected chi connectivity index (χ1v) is 10.0. The summed E-state index contributed by atoms with van der Waals surface area (Å²) in [6.07, 6.45) is 0.448. The van der Waals surface area contributed by atoms with Crippen LogP contribution in [0.4, 0.5) is 5.69 Å². The van der Waals surface area contributed by atoms with Crippen LogP contribution in [-0.4, -0.2) is 38.3 Å². The lowest BCUT2D eigenvalue weighted by Gasteiger charge is -2.19. The molecule has 1 atom stereocenters. The van der Waals surface area contributed by atoms with E-state index < -0.39 is 11.2 Å². The molecule has 154 valence electrons. The van der Waals surface area contributed by atoms with Gasteiger partial charge in [-0.3, -0.25) is 14.5 Å². The molecule has 0 bridgehead atoms. The Morgan fingerprint density at radius 3 is 2.47 bits per heavy atom. The predicted molar refractivity (Wildman–Crippen MR) is 115 cm³/mol. The van der Waals surface area contributed by atoms with Crippen LogP contribution in [0.1, 0.15) is 5.56 Å². The molecule has 0 saturated carbocycles. The number of ether oxygens (including phenoxy) is 2. The van der Waals surface area contributed by atoms with Crippen LogP contribution in [0.5, 0.6) is 11.5 Å². The third-order valence-corrected chi connectivity index (χ3v) is 5.89. The monoisotopic (exact) mass is 423 g/mol. The molecule has 0 aromatic heterocycles. The van der Waals surface area contributed by atoms with Gasteiger partial charge in [-0.2, -0.15) is 5.26 Å². The van der Waals surface area contributed by atoms with E-state index in [1.165, 1.54) is 30.8 Å². The van der Waals surface area contributed by atoms with Gasteiger partial charge in [0.25, 0.3) is 5.91 Å². The van der Waals surface area contributed by atoms with Crippen molar-refractivity contribution in [2.24, 2.45) is 0 Å². The number of hydrogen-bond acceptors (Lipinski definition) is 6. The van der Waals surface area contributed by atoms with Gasteiger partial charge in [-0.25, -0.2) is 0 Å². The number of amides is 2. The predicted octanol–water partition coefficient (Wildman–Crippen LogP) is 2.88. The molecule has 0 spiro atoms. The Labute approximate surface area is 179 Å². The summed E-state index contributed by atoms with van der Waals surface area (Å²) in [5.74, 6) is 0.567. The third-order valence-electron chi connectivity index (χ3n) is 4.62. The molecule has 1 N–H and O–H groups in total. The molecule has 1 fully saturated rings. The standard InChI is InChI=1S/C22H21N3O4S/c1-24-20(26)18(13-23)22-25(15-5-4-6-17(12-15)29-3)21(27)19(30-22)11-14-7-9-16(28-2)10-8-14/h4-10,12,19H,11H2,1-3H3,(H,24,26)/b22-18-/t19-/m1/s1. The molecule has 0 unspecified atom stereocenters. The Hall–Kier alpha value is -3.44. The molecule has 7 nitrogen and oxygen atoms in total. The van der Waals surface area contributed by atoms with Gasteiger partial charge in [0.1, 0.15) is 28.2 Å². The summed E-state index contributed by atoms with van der Waals surface area (Å²) in [4.78, 5) is 27.1. The first-order valence-electron chi connectivity index (χ1n) is 9.16. The average molecular weight is 423 g/mol. The lowest BCUT2D eigenvalue weighted by atomic mass is 10.1. The quantitative estimate of drug-likeness (QED) is 0.567. The first kappa shape index (κ1) is 21.3. The minimum atomic E-state index is -0.536. The van der Waals surface area contributed by atoms with E-state index >= 15 is 0 Å². The maximum Gasteiger partial charge on any atom is 0.264 e. The Bertz CT molecular complexity index is 1030. The number of nitriles is 1. The molecule has 2 amide bonds. The summed E-state index contributed by atoms with van der Waals surface area (Å²) in [7, 11) is 4.58. The lowest BCUT2D eigenvalue weighted by Crippen LogP contribution is -2.31. The van der Waals surface area contributed by atoms with Gasteiger partial charge in [0.15, 0.2) is 0 Å². The molecular formula is C22H21N3O4S. The zero-order chi connectivity index (χ0) is 21.7. The van der Waals surface area contributed by atoms with Gasteiger partial charge in [-0.15, -0.1) is 0 Å². The highest BCUT2D eigenvalue weighted by Crippen LogP contribution is 2.42. The number of rotatable bonds is 6. The van der Waals surface area contributed by atoms with Crippen molar-refractivity contribution in [1.29, 1.82) is 5.26 Å². The fourth-order valence-corrected chi connectivity index (χ4v) is 4.38. The van der Waals surface area contributed by atoms with Crippen LogP contribution in [0.15, 0.2) is 59.1 Å². The smallest absolute Gasteiger partial charge is 0.264 e. The molecule has 1 aliphatic rings. The van der Waals surface area contributed by atoms with Crippen molar-refractivity contribution in [1.82, 2.24) is 5.32 Å². The first-order chi connectivity index (χ1) is 14.5. The van der Waals surface area contributed by atoms with E-state index in [2.05, 4.69) is 5.32 Å². The fraction of sp³-hybridized carbons (Fsp3) is 0.227. The van der Waals surface area contributed by atoms with E-state index in [0.717, 1.165) is 11.3 Å². The van der Waals surface area contributed by atoms with Gasteiger partial charge in [0, 0.05) is 13.1 Å². The molecule has 1 aliphatic heterocycles. The minimum Gasteiger partial charge on any atom is -0.497 e. The molecule has 1 heterocycles. The molecule has 30 heavy (non-hydrogen) atoms. The summed E-state index contributed by atoms with van der Waals surface area (Å²) >= 11 is 1.22. The number of thioether (sulfide) groups is 1. The maximum absolute atomic E-state index is 13.3. The minimum absolute atomic E-state index is 0.101. The number of nitrogens with one attached hydrogen (secondary N) is 1. The van der Waals surface area contributed by atoms with E-state index in [4.69, 9.17) is 9.47 Å². The molecule has 0 radical (unpaired) electrons. The summed E-state index contributed by atoms with van der Waals surface area (Å²) in [5, 5.41) is 11.9. The zero-order valence-corrected chi connectivity index (χ0v) is 17.7. The van der Waals surface area contributed by atoms with Crippen LogP contribution in [0.3, 0.4) is 0 Å². The fourth-order valence-electron chi connectivity index (χ4n) is 3.07. The topological polar surface area (TPSA) is 91.7 Å². The van der Waals surface area contributed by atoms with E-state index in [0.29, 0.717) is 22.9 Å². The molecule has 8 heteroatoms. The van der Waals surface area contributed by atoms with Crippen LogP contribution < -0.4 is 19.7 Å². The number of benzene rings is 2. The van der Waals surface area contributed by atoms with Crippen molar-refractivity contribution in [3.05, 3.63) is 64.7 Å². The number of hydrogen-bond donors (Lipinski definition) is 1. The second-order valence-electron chi connectivity index (χ2n) is 6.40.